The molecule has 140 valence electrons. The molecule has 0 bridgehead atoms. The fourth-order valence-electron chi connectivity index (χ4n) is 2.24. The van der Waals surface area contributed by atoms with E-state index >= 15 is 0 Å². The number of ether oxygens (including phenoxy) is 1. The molecule has 0 aliphatic rings. The van der Waals surface area contributed by atoms with E-state index in [9.17, 15) is 10.1 Å². The van der Waals surface area contributed by atoms with Gasteiger partial charge in [-0.2, -0.15) is 5.26 Å². The van der Waals surface area contributed by atoms with Crippen molar-refractivity contribution < 1.29 is 9.53 Å². The summed E-state index contributed by atoms with van der Waals surface area (Å²) in [6, 6.07) is 12.2. The molecule has 4 nitrogen and oxygen atoms in total. The second-order valence-electron chi connectivity index (χ2n) is 6.11. The van der Waals surface area contributed by atoms with Gasteiger partial charge in [-0.05, 0) is 61.7 Å². The van der Waals surface area contributed by atoms with E-state index in [0.717, 1.165) is 12.0 Å². The fraction of sp³-hybridized carbons (Fsp3) is 0.238. The van der Waals surface area contributed by atoms with Crippen molar-refractivity contribution in [1.29, 1.82) is 5.26 Å². The van der Waals surface area contributed by atoms with Crippen molar-refractivity contribution in [3.63, 3.8) is 0 Å². The molecule has 0 aliphatic carbocycles. The lowest BCUT2D eigenvalue weighted by Crippen LogP contribution is -2.14. The zero-order valence-electron chi connectivity index (χ0n) is 15.3. The van der Waals surface area contributed by atoms with E-state index in [1.165, 1.54) is 6.08 Å². The number of anilines is 1. The summed E-state index contributed by atoms with van der Waals surface area (Å²) in [6.45, 7) is 5.83. The van der Waals surface area contributed by atoms with E-state index in [1.807, 2.05) is 26.8 Å². The van der Waals surface area contributed by atoms with Gasteiger partial charge in [0.05, 0.1) is 11.1 Å². The monoisotopic (exact) mass is 402 g/mol. The molecule has 0 radical (unpaired) electrons. The number of hydrogen-bond acceptors (Lipinski definition) is 3. The van der Waals surface area contributed by atoms with Gasteiger partial charge in [-0.3, -0.25) is 4.79 Å². The summed E-state index contributed by atoms with van der Waals surface area (Å²) in [5.41, 5.74) is 2.00. The number of rotatable bonds is 6. The van der Waals surface area contributed by atoms with Gasteiger partial charge in [0, 0.05) is 10.7 Å². The van der Waals surface area contributed by atoms with Crippen molar-refractivity contribution in [1.82, 2.24) is 0 Å². The highest BCUT2D eigenvalue weighted by Crippen LogP contribution is 2.28. The van der Waals surface area contributed by atoms with Gasteiger partial charge in [0.1, 0.15) is 17.4 Å². The highest BCUT2D eigenvalue weighted by atomic mass is 35.5. The summed E-state index contributed by atoms with van der Waals surface area (Å²) in [5, 5.41) is 13.0. The number of benzene rings is 2. The predicted octanol–water partition coefficient (Wildman–Crippen LogP) is 6.02. The number of amides is 1. The van der Waals surface area contributed by atoms with Crippen LogP contribution in [-0.2, 0) is 4.79 Å². The third kappa shape index (κ3) is 5.75. The lowest BCUT2D eigenvalue weighted by molar-refractivity contribution is -0.112. The highest BCUT2D eigenvalue weighted by molar-refractivity contribution is 6.32. The molecule has 2 aromatic rings. The Morgan fingerprint density at radius 3 is 2.67 bits per heavy atom. The summed E-state index contributed by atoms with van der Waals surface area (Å²) >= 11 is 12.2. The molecule has 0 heterocycles. The van der Waals surface area contributed by atoms with Crippen LogP contribution >= 0.6 is 23.2 Å². The van der Waals surface area contributed by atoms with Crippen molar-refractivity contribution in [3.05, 3.63) is 63.1 Å². The first-order valence-corrected chi connectivity index (χ1v) is 9.25. The molecule has 1 atom stereocenters. The van der Waals surface area contributed by atoms with E-state index in [0.29, 0.717) is 27.0 Å². The maximum atomic E-state index is 12.4. The van der Waals surface area contributed by atoms with Gasteiger partial charge < -0.3 is 10.1 Å². The molecule has 0 saturated heterocycles. The van der Waals surface area contributed by atoms with Gasteiger partial charge in [0.2, 0.25) is 0 Å². The average Bonchev–Trinajstić information content (AvgIpc) is 2.64. The zero-order chi connectivity index (χ0) is 20.0. The molecule has 1 unspecified atom stereocenters. The molecule has 0 saturated carbocycles. The largest absolute Gasteiger partial charge is 0.489 e. The first-order valence-electron chi connectivity index (χ1n) is 8.49. The number of halogens is 2. The minimum atomic E-state index is -0.515. The van der Waals surface area contributed by atoms with E-state index in [4.69, 9.17) is 27.9 Å². The summed E-state index contributed by atoms with van der Waals surface area (Å²) in [6.07, 6.45) is 2.39. The lowest BCUT2D eigenvalue weighted by Gasteiger charge is -2.14. The Morgan fingerprint density at radius 2 is 2.04 bits per heavy atom. The van der Waals surface area contributed by atoms with Crippen LogP contribution < -0.4 is 10.1 Å². The van der Waals surface area contributed by atoms with Crippen molar-refractivity contribution in [2.75, 3.05) is 5.32 Å². The average molecular weight is 403 g/mol. The van der Waals surface area contributed by atoms with Crippen LogP contribution in [0.25, 0.3) is 6.08 Å². The summed E-state index contributed by atoms with van der Waals surface area (Å²) in [7, 11) is 0. The molecule has 1 amide bonds. The molecule has 1 N–H and O–H groups in total. The van der Waals surface area contributed by atoms with Gasteiger partial charge in [0.15, 0.2) is 0 Å². The number of carbonyl (C=O) groups excluding carboxylic acids is 1. The third-order valence-corrected chi connectivity index (χ3v) is 4.51. The maximum Gasteiger partial charge on any atom is 0.266 e. The number of carbonyl (C=O) groups is 1. The quantitative estimate of drug-likeness (QED) is 0.474. The topological polar surface area (TPSA) is 62.1 Å². The number of nitrogens with zero attached hydrogens (tertiary/aromatic N) is 1. The van der Waals surface area contributed by atoms with Crippen molar-refractivity contribution in [2.24, 2.45) is 0 Å². The summed E-state index contributed by atoms with van der Waals surface area (Å²) < 4.78 is 5.72. The van der Waals surface area contributed by atoms with Crippen molar-refractivity contribution in [2.45, 2.75) is 33.3 Å². The molecular weight excluding hydrogens is 383 g/mol. The van der Waals surface area contributed by atoms with Gasteiger partial charge >= 0.3 is 0 Å². The minimum Gasteiger partial charge on any atom is -0.489 e. The molecule has 27 heavy (non-hydrogen) atoms. The summed E-state index contributed by atoms with van der Waals surface area (Å²) in [4.78, 5) is 12.4. The fourth-order valence-corrected chi connectivity index (χ4v) is 2.64. The van der Waals surface area contributed by atoms with Crippen molar-refractivity contribution >= 4 is 40.9 Å². The minimum absolute atomic E-state index is 0.0407. The number of hydrogen-bond donors (Lipinski definition) is 1. The Hall–Kier alpha value is -2.48. The van der Waals surface area contributed by atoms with E-state index in [-0.39, 0.29) is 11.7 Å². The maximum absolute atomic E-state index is 12.4. The number of nitrogens with one attached hydrogen (secondary N) is 1. The second-order valence-corrected chi connectivity index (χ2v) is 6.95. The second kappa shape index (κ2) is 9.45. The van der Waals surface area contributed by atoms with E-state index < -0.39 is 5.91 Å². The molecule has 0 aromatic heterocycles. The lowest BCUT2D eigenvalue weighted by atomic mass is 10.1. The predicted molar refractivity (Wildman–Crippen MR) is 110 cm³/mol. The smallest absolute Gasteiger partial charge is 0.266 e. The van der Waals surface area contributed by atoms with Crippen LogP contribution in [0.4, 0.5) is 5.69 Å². The Labute approximate surface area is 169 Å². The summed E-state index contributed by atoms with van der Waals surface area (Å²) in [5.74, 6) is 0.0552. The van der Waals surface area contributed by atoms with Gasteiger partial charge in [-0.15, -0.1) is 0 Å². The Morgan fingerprint density at radius 1 is 1.30 bits per heavy atom. The molecular formula is C21H20Cl2N2O2. The van der Waals surface area contributed by atoms with Crippen LogP contribution in [-0.4, -0.2) is 12.0 Å². The van der Waals surface area contributed by atoms with Crippen LogP contribution in [0.1, 0.15) is 31.4 Å². The number of nitriles is 1. The van der Waals surface area contributed by atoms with E-state index in [2.05, 4.69) is 5.32 Å². The van der Waals surface area contributed by atoms with Gasteiger partial charge in [-0.25, -0.2) is 0 Å². The first kappa shape index (κ1) is 20.8. The molecule has 6 heteroatoms. The van der Waals surface area contributed by atoms with Crippen LogP contribution in [0.2, 0.25) is 10.0 Å². The van der Waals surface area contributed by atoms with Crippen LogP contribution in [0, 0.1) is 18.3 Å². The number of aryl methyl sites for hydroxylation is 1. The van der Waals surface area contributed by atoms with Crippen LogP contribution in [0.15, 0.2) is 42.0 Å². The van der Waals surface area contributed by atoms with Crippen LogP contribution in [0.3, 0.4) is 0 Å². The standard InChI is InChI=1S/C21H20Cl2N2O2/c1-4-14(3)27-20-8-6-15(10-18(20)23)9-16(12-24)21(26)25-19-11-17(22)7-5-13(19)2/h5-11,14H,4H2,1-3H3,(H,25,26). The van der Waals surface area contributed by atoms with Crippen molar-refractivity contribution in [3.8, 4) is 11.8 Å². The Balaban J connectivity index is 2.22. The normalized spacial score (nSPS) is 12.2. The van der Waals surface area contributed by atoms with Gasteiger partial charge in [-0.1, -0.05) is 42.3 Å². The molecule has 2 aromatic carbocycles. The highest BCUT2D eigenvalue weighted by Gasteiger charge is 2.12. The SMILES string of the molecule is CCC(C)Oc1ccc(C=C(C#N)C(=O)Nc2cc(Cl)ccc2C)cc1Cl. The van der Waals surface area contributed by atoms with E-state index in [1.54, 1.807) is 36.4 Å². The Kier molecular flexibility index (Phi) is 7.29. The third-order valence-electron chi connectivity index (χ3n) is 3.98. The molecule has 0 fully saturated rings. The van der Waals surface area contributed by atoms with Crippen LogP contribution in [0.5, 0.6) is 5.75 Å². The Bertz CT molecular complexity index is 917. The zero-order valence-corrected chi connectivity index (χ0v) is 16.9. The molecule has 2 rings (SSSR count). The first-order chi connectivity index (χ1) is 12.8. The molecule has 0 spiro atoms. The molecule has 0 aliphatic heterocycles. The van der Waals surface area contributed by atoms with Gasteiger partial charge in [0.25, 0.3) is 5.91 Å².